The van der Waals surface area contributed by atoms with E-state index in [4.69, 9.17) is 4.74 Å². The van der Waals surface area contributed by atoms with E-state index in [1.54, 1.807) is 0 Å². The number of para-hydroxylation sites is 2. The van der Waals surface area contributed by atoms with Crippen LogP contribution in [-0.2, 0) is 15.2 Å². The van der Waals surface area contributed by atoms with E-state index in [0.29, 0.717) is 29.0 Å². The maximum absolute atomic E-state index is 13.7. The Bertz CT molecular complexity index is 1870. The molecule has 2 amide bonds. The molecule has 2 atom stereocenters. The number of ether oxygens (including phenoxy) is 1. The first-order valence-corrected chi connectivity index (χ1v) is 18.7. The second-order valence-corrected chi connectivity index (χ2v) is 15.3. The van der Waals surface area contributed by atoms with E-state index in [9.17, 15) is 14.7 Å². The number of fused-ring (bicyclic) bond motifs is 11. The Morgan fingerprint density at radius 3 is 1.71 bits per heavy atom. The van der Waals surface area contributed by atoms with Crippen molar-refractivity contribution < 1.29 is 19.4 Å². The van der Waals surface area contributed by atoms with Crippen LogP contribution in [0.3, 0.4) is 0 Å². The molecule has 1 unspecified atom stereocenters. The highest BCUT2D eigenvalue weighted by Gasteiger charge is 2.49. The van der Waals surface area contributed by atoms with Gasteiger partial charge in [-0.2, -0.15) is 0 Å². The van der Waals surface area contributed by atoms with Crippen LogP contribution in [0, 0.1) is 11.8 Å². The molecule has 8 heteroatoms. The highest BCUT2D eigenvalue weighted by atomic mass is 16.5. The number of piperidine rings is 6. The van der Waals surface area contributed by atoms with Crippen molar-refractivity contribution in [2.45, 2.75) is 49.3 Å². The highest BCUT2D eigenvalue weighted by Crippen LogP contribution is 2.48. The zero-order valence-electron chi connectivity index (χ0n) is 29.2. The normalized spacial score (nSPS) is 27.4. The number of nitrogens with zero attached hydrogens (tertiary/aromatic N) is 3. The number of likely N-dealkylation sites (N-methyl/N-ethyl adjacent to an activating group) is 1. The number of aliphatic hydroxyl groups is 1. The molecule has 0 aromatic heterocycles. The van der Waals surface area contributed by atoms with Crippen molar-refractivity contribution in [3.8, 4) is 22.6 Å². The van der Waals surface area contributed by atoms with E-state index in [1.165, 1.54) is 25.9 Å². The van der Waals surface area contributed by atoms with Gasteiger partial charge in [0.25, 0.3) is 5.91 Å². The van der Waals surface area contributed by atoms with Crippen LogP contribution in [0.1, 0.15) is 53.9 Å². The second kappa shape index (κ2) is 12.9. The molecule has 4 aromatic carbocycles. The molecule has 7 heterocycles. The third kappa shape index (κ3) is 5.47. The number of rotatable bonds is 4. The standard InChI is InChI=1S/C22H24N2O2.C21H22N2O2/c1-23(18-14-24-12-10-15(18)11-13-24)22(25)21-16-6-2-4-8-19(16)26-20-9-5-3-7-17(20)21;24-20(22-19-13-23-11-9-14(19)10-12-23)21(25)17-7-3-1-5-15(17)16-6-2-4-8-18(16)21/h2-9,15,18,21H,10-14H2,1H3;1-8,14,19,25H,9-13H2,(H,22,24)/t18-;/m0./s1. The predicted octanol–water partition coefficient (Wildman–Crippen LogP) is 5.59. The fraction of sp³-hybridized carbons (Fsp3) is 0.395. The van der Waals surface area contributed by atoms with Gasteiger partial charge in [-0.05, 0) is 87.0 Å². The fourth-order valence-electron chi connectivity index (χ4n) is 9.77. The Morgan fingerprint density at radius 1 is 0.706 bits per heavy atom. The molecule has 4 bridgehead atoms. The Kier molecular flexibility index (Phi) is 8.21. The molecule has 8 nitrogen and oxygen atoms in total. The summed E-state index contributed by atoms with van der Waals surface area (Å²) in [5.74, 6) is 2.38. The van der Waals surface area contributed by atoms with Crippen LogP contribution in [0.15, 0.2) is 97.1 Å². The van der Waals surface area contributed by atoms with Crippen molar-refractivity contribution in [2.75, 3.05) is 46.3 Å². The Hall–Kier alpha value is -4.50. The molecule has 7 aliphatic heterocycles. The van der Waals surface area contributed by atoms with E-state index in [2.05, 4.69) is 15.1 Å². The van der Waals surface area contributed by atoms with Gasteiger partial charge in [0, 0.05) is 54.5 Å². The van der Waals surface area contributed by atoms with Crippen LogP contribution in [-0.4, -0.2) is 90.0 Å². The summed E-state index contributed by atoms with van der Waals surface area (Å²) in [6.45, 7) is 6.55. The monoisotopic (exact) mass is 682 g/mol. The minimum Gasteiger partial charge on any atom is -0.457 e. The third-order valence-corrected chi connectivity index (χ3v) is 12.6. The lowest BCUT2D eigenvalue weighted by Gasteiger charge is -2.48. The largest absolute Gasteiger partial charge is 0.457 e. The van der Waals surface area contributed by atoms with Gasteiger partial charge in [0.1, 0.15) is 11.5 Å². The highest BCUT2D eigenvalue weighted by molar-refractivity contribution is 5.99. The zero-order valence-corrected chi connectivity index (χ0v) is 29.2. The lowest BCUT2D eigenvalue weighted by atomic mass is 9.81. The summed E-state index contributed by atoms with van der Waals surface area (Å²) in [6, 6.07) is 31.7. The minimum absolute atomic E-state index is 0.138. The Labute approximate surface area is 300 Å². The maximum Gasteiger partial charge on any atom is 0.261 e. The number of amides is 2. The molecule has 1 aliphatic carbocycles. The predicted molar refractivity (Wildman–Crippen MR) is 196 cm³/mol. The van der Waals surface area contributed by atoms with Crippen LogP contribution in [0.25, 0.3) is 11.1 Å². The topological polar surface area (TPSA) is 85.4 Å². The summed E-state index contributed by atoms with van der Waals surface area (Å²) in [7, 11) is 2.00. The van der Waals surface area contributed by atoms with Gasteiger partial charge in [0.15, 0.2) is 5.60 Å². The summed E-state index contributed by atoms with van der Waals surface area (Å²) in [6.07, 6.45) is 4.69. The average Bonchev–Trinajstić information content (AvgIpc) is 3.46. The van der Waals surface area contributed by atoms with Crippen LogP contribution < -0.4 is 10.1 Å². The molecule has 51 heavy (non-hydrogen) atoms. The molecule has 0 radical (unpaired) electrons. The number of benzene rings is 4. The summed E-state index contributed by atoms with van der Waals surface area (Å²) in [5.41, 5.74) is 3.63. The van der Waals surface area contributed by atoms with Crippen molar-refractivity contribution in [2.24, 2.45) is 11.8 Å². The second-order valence-electron chi connectivity index (χ2n) is 15.3. The van der Waals surface area contributed by atoms with Gasteiger partial charge in [0.05, 0.1) is 5.92 Å². The molecule has 2 N–H and O–H groups in total. The molecule has 12 rings (SSSR count). The van der Waals surface area contributed by atoms with Crippen LogP contribution >= 0.6 is 0 Å². The van der Waals surface area contributed by atoms with Crippen LogP contribution in [0.5, 0.6) is 11.5 Å². The third-order valence-electron chi connectivity index (χ3n) is 12.6. The SMILES string of the molecule is CN(C(=O)C1c2ccccc2Oc2ccccc21)[C@H]1CN2CCC1CC2.O=C(NC1CN2CCC1CC2)C1(O)c2ccccc2-c2ccccc21. The van der Waals surface area contributed by atoms with Crippen LogP contribution in [0.2, 0.25) is 0 Å². The van der Waals surface area contributed by atoms with Crippen LogP contribution in [0.4, 0.5) is 0 Å². The summed E-state index contributed by atoms with van der Waals surface area (Å²) in [5, 5.41) is 14.7. The van der Waals surface area contributed by atoms with Gasteiger partial charge < -0.3 is 29.9 Å². The van der Waals surface area contributed by atoms with Gasteiger partial charge in [0.2, 0.25) is 5.91 Å². The van der Waals surface area contributed by atoms with Gasteiger partial charge in [-0.1, -0.05) is 84.9 Å². The maximum atomic E-state index is 13.7. The molecule has 262 valence electrons. The molecular formula is C43H46N4O4. The van der Waals surface area contributed by atoms with Gasteiger partial charge in [-0.15, -0.1) is 0 Å². The first kappa shape index (κ1) is 32.4. The van der Waals surface area contributed by atoms with Gasteiger partial charge in [-0.3, -0.25) is 9.59 Å². The summed E-state index contributed by atoms with van der Waals surface area (Å²) in [4.78, 5) is 33.8. The summed E-state index contributed by atoms with van der Waals surface area (Å²) >= 11 is 0. The number of hydrogen-bond donors (Lipinski definition) is 2. The van der Waals surface area contributed by atoms with Crippen molar-refractivity contribution in [1.82, 2.24) is 20.0 Å². The Balaban J connectivity index is 0.000000137. The van der Waals surface area contributed by atoms with Gasteiger partial charge >= 0.3 is 0 Å². The average molecular weight is 683 g/mol. The molecule has 6 fully saturated rings. The van der Waals surface area contributed by atoms with Crippen molar-refractivity contribution in [3.63, 3.8) is 0 Å². The first-order chi connectivity index (χ1) is 24.9. The molecule has 6 saturated heterocycles. The molecule has 0 spiro atoms. The molecule has 8 aliphatic rings. The van der Waals surface area contributed by atoms with E-state index >= 15 is 0 Å². The quantitative estimate of drug-likeness (QED) is 0.292. The van der Waals surface area contributed by atoms with E-state index in [-0.39, 0.29) is 23.8 Å². The molecule has 0 saturated carbocycles. The minimum atomic E-state index is -1.60. The zero-order chi connectivity index (χ0) is 34.7. The van der Waals surface area contributed by atoms with E-state index < -0.39 is 5.60 Å². The lowest BCUT2D eigenvalue weighted by Crippen LogP contribution is -2.60. The first-order valence-electron chi connectivity index (χ1n) is 18.7. The smallest absolute Gasteiger partial charge is 0.261 e. The molecule has 4 aromatic rings. The number of hydrogen-bond acceptors (Lipinski definition) is 6. The van der Waals surface area contributed by atoms with Crippen molar-refractivity contribution >= 4 is 11.8 Å². The van der Waals surface area contributed by atoms with Crippen molar-refractivity contribution in [1.29, 1.82) is 0 Å². The molecular weight excluding hydrogens is 636 g/mol. The van der Waals surface area contributed by atoms with Gasteiger partial charge in [-0.25, -0.2) is 0 Å². The Morgan fingerprint density at radius 2 is 1.20 bits per heavy atom. The number of nitrogens with one attached hydrogen (secondary N) is 1. The van der Waals surface area contributed by atoms with E-state index in [0.717, 1.165) is 72.8 Å². The number of carbonyl (C=O) groups excluding carboxylic acids is 2. The van der Waals surface area contributed by atoms with Crippen molar-refractivity contribution in [3.05, 3.63) is 119 Å². The summed E-state index contributed by atoms with van der Waals surface area (Å²) < 4.78 is 6.05. The van der Waals surface area contributed by atoms with E-state index in [1.807, 2.05) is 109 Å². The lowest BCUT2D eigenvalue weighted by molar-refractivity contribution is -0.138. The number of carbonyl (C=O) groups is 2. The fourth-order valence-corrected chi connectivity index (χ4v) is 9.77.